The van der Waals surface area contributed by atoms with Gasteiger partial charge in [0.2, 0.25) is 5.91 Å². The molecule has 0 aromatic heterocycles. The summed E-state index contributed by atoms with van der Waals surface area (Å²) in [6.07, 6.45) is 1.27. The minimum atomic E-state index is -0.259. The minimum absolute atomic E-state index is 0.0207. The smallest absolute Gasteiger partial charge is 0.315 e. The number of para-hydroxylation sites is 2. The van der Waals surface area contributed by atoms with Crippen molar-refractivity contribution in [2.45, 2.75) is 22.6 Å². The fraction of sp³-hybridized carbons (Fsp3) is 0.333. The molecule has 0 spiro atoms. The number of benzene rings is 2. The fourth-order valence-corrected chi connectivity index (χ4v) is 4.81. The van der Waals surface area contributed by atoms with Crippen molar-refractivity contribution in [1.29, 1.82) is 0 Å². The standard InChI is InChI=1S/C21H24N2O3S2/c1-26-21(25)15-27-14-11-20(24)22-12-6-13-23-16-7-2-4-9-18(16)28-19-10-5-3-8-17(19)23/h2-5,7-10H,6,11-15H2,1H3,(H,22,24). The van der Waals surface area contributed by atoms with Gasteiger partial charge in [0.1, 0.15) is 0 Å². The number of hydrogen-bond acceptors (Lipinski definition) is 6. The average Bonchev–Trinajstić information content (AvgIpc) is 2.73. The van der Waals surface area contributed by atoms with Gasteiger partial charge < -0.3 is 15.0 Å². The largest absolute Gasteiger partial charge is 0.468 e. The van der Waals surface area contributed by atoms with E-state index in [4.69, 9.17) is 0 Å². The fourth-order valence-electron chi connectivity index (χ4n) is 2.95. The zero-order chi connectivity index (χ0) is 19.8. The predicted molar refractivity (Wildman–Crippen MR) is 116 cm³/mol. The summed E-state index contributed by atoms with van der Waals surface area (Å²) in [5.41, 5.74) is 2.44. The van der Waals surface area contributed by atoms with Crippen LogP contribution in [0.25, 0.3) is 0 Å². The number of thioether (sulfide) groups is 1. The van der Waals surface area contributed by atoms with Crippen molar-refractivity contribution < 1.29 is 14.3 Å². The number of carbonyl (C=O) groups excluding carboxylic acids is 2. The number of carbonyl (C=O) groups is 2. The molecule has 3 rings (SSSR count). The quantitative estimate of drug-likeness (QED) is 0.491. The van der Waals surface area contributed by atoms with E-state index < -0.39 is 0 Å². The molecule has 0 saturated heterocycles. The van der Waals surface area contributed by atoms with E-state index in [2.05, 4.69) is 63.5 Å². The number of ether oxygens (including phenoxy) is 1. The number of methoxy groups -OCH3 is 1. The topological polar surface area (TPSA) is 58.6 Å². The number of amides is 1. The Balaban J connectivity index is 1.46. The van der Waals surface area contributed by atoms with E-state index >= 15 is 0 Å². The maximum Gasteiger partial charge on any atom is 0.315 e. The SMILES string of the molecule is COC(=O)CSCCC(=O)NCCCN1c2ccccc2Sc2ccccc21. The van der Waals surface area contributed by atoms with Gasteiger partial charge in [-0.2, -0.15) is 0 Å². The van der Waals surface area contributed by atoms with Gasteiger partial charge in [-0.05, 0) is 30.7 Å². The van der Waals surface area contributed by atoms with E-state index in [9.17, 15) is 9.59 Å². The highest BCUT2D eigenvalue weighted by Crippen LogP contribution is 2.47. The Morgan fingerprint density at radius 3 is 2.36 bits per heavy atom. The molecule has 0 atom stereocenters. The molecule has 0 radical (unpaired) electrons. The van der Waals surface area contributed by atoms with Crippen molar-refractivity contribution in [3.63, 3.8) is 0 Å². The van der Waals surface area contributed by atoms with Crippen molar-refractivity contribution in [3.8, 4) is 0 Å². The van der Waals surface area contributed by atoms with E-state index in [1.54, 1.807) is 11.8 Å². The van der Waals surface area contributed by atoms with Crippen LogP contribution < -0.4 is 10.2 Å². The number of rotatable bonds is 9. The molecule has 28 heavy (non-hydrogen) atoms. The zero-order valence-electron chi connectivity index (χ0n) is 15.8. The number of nitrogens with one attached hydrogen (secondary N) is 1. The third kappa shape index (κ3) is 5.45. The van der Waals surface area contributed by atoms with E-state index in [1.165, 1.54) is 40.0 Å². The first-order chi connectivity index (χ1) is 13.7. The lowest BCUT2D eigenvalue weighted by Gasteiger charge is -2.32. The summed E-state index contributed by atoms with van der Waals surface area (Å²) in [5, 5.41) is 2.97. The third-order valence-electron chi connectivity index (χ3n) is 4.33. The van der Waals surface area contributed by atoms with Crippen LogP contribution in [0.1, 0.15) is 12.8 Å². The molecule has 5 nitrogen and oxygen atoms in total. The van der Waals surface area contributed by atoms with Gasteiger partial charge in [0, 0.05) is 35.1 Å². The van der Waals surface area contributed by atoms with Gasteiger partial charge in [-0.15, -0.1) is 11.8 Å². The van der Waals surface area contributed by atoms with Crippen LogP contribution >= 0.6 is 23.5 Å². The summed E-state index contributed by atoms with van der Waals surface area (Å²) in [7, 11) is 1.37. The monoisotopic (exact) mass is 416 g/mol. The lowest BCUT2D eigenvalue weighted by Crippen LogP contribution is -2.29. The maximum absolute atomic E-state index is 11.9. The molecule has 1 heterocycles. The van der Waals surface area contributed by atoms with Crippen LogP contribution in [0.2, 0.25) is 0 Å². The molecule has 2 aromatic rings. The van der Waals surface area contributed by atoms with Crippen LogP contribution in [0.3, 0.4) is 0 Å². The van der Waals surface area contributed by atoms with Crippen LogP contribution in [0.5, 0.6) is 0 Å². The summed E-state index contributed by atoms with van der Waals surface area (Å²) in [6.45, 7) is 1.47. The van der Waals surface area contributed by atoms with Crippen molar-refractivity contribution in [2.75, 3.05) is 36.6 Å². The first kappa shape index (κ1) is 20.6. The number of fused-ring (bicyclic) bond motifs is 2. The molecule has 1 N–H and O–H groups in total. The molecule has 1 aliphatic heterocycles. The van der Waals surface area contributed by atoms with Crippen LogP contribution in [-0.4, -0.2) is 43.6 Å². The number of anilines is 2. The molecule has 7 heteroatoms. The highest BCUT2D eigenvalue weighted by atomic mass is 32.2. The second-order valence-corrected chi connectivity index (χ2v) is 8.46. The van der Waals surface area contributed by atoms with Crippen molar-refractivity contribution >= 4 is 46.8 Å². The average molecular weight is 417 g/mol. The Hall–Kier alpha value is -2.12. The lowest BCUT2D eigenvalue weighted by atomic mass is 10.2. The number of nitrogens with zero attached hydrogens (tertiary/aromatic N) is 1. The molecule has 0 fully saturated rings. The Morgan fingerprint density at radius 1 is 1.07 bits per heavy atom. The molecule has 0 unspecified atom stereocenters. The second kappa shape index (κ2) is 10.4. The normalized spacial score (nSPS) is 12.1. The molecule has 148 valence electrons. The number of hydrogen-bond donors (Lipinski definition) is 1. The Kier molecular flexibility index (Phi) is 7.68. The van der Waals surface area contributed by atoms with Gasteiger partial charge in [-0.1, -0.05) is 36.0 Å². The molecular weight excluding hydrogens is 392 g/mol. The molecule has 0 aliphatic carbocycles. The highest BCUT2D eigenvalue weighted by molar-refractivity contribution is 8.00. The first-order valence-corrected chi connectivity index (χ1v) is 11.2. The van der Waals surface area contributed by atoms with Crippen molar-refractivity contribution in [1.82, 2.24) is 5.32 Å². The molecule has 1 aliphatic rings. The van der Waals surface area contributed by atoms with Crippen LogP contribution in [-0.2, 0) is 14.3 Å². The molecular formula is C21H24N2O3S2. The van der Waals surface area contributed by atoms with Crippen LogP contribution in [0, 0.1) is 0 Å². The predicted octanol–water partition coefficient (Wildman–Crippen LogP) is 4.09. The number of esters is 1. The van der Waals surface area contributed by atoms with Gasteiger partial charge in [-0.3, -0.25) is 9.59 Å². The van der Waals surface area contributed by atoms with Crippen molar-refractivity contribution in [2.24, 2.45) is 0 Å². The summed E-state index contributed by atoms with van der Waals surface area (Å²) in [4.78, 5) is 27.8. The van der Waals surface area contributed by atoms with Gasteiger partial charge in [0.05, 0.1) is 24.2 Å². The first-order valence-electron chi connectivity index (χ1n) is 9.24. The summed E-state index contributed by atoms with van der Waals surface area (Å²) >= 11 is 3.21. The highest BCUT2D eigenvalue weighted by Gasteiger charge is 2.22. The summed E-state index contributed by atoms with van der Waals surface area (Å²) in [6, 6.07) is 16.9. The molecule has 0 saturated carbocycles. The second-order valence-electron chi connectivity index (χ2n) is 6.27. The van der Waals surface area contributed by atoms with Crippen LogP contribution in [0.15, 0.2) is 58.3 Å². The Morgan fingerprint density at radius 2 is 1.71 bits per heavy atom. The third-order valence-corrected chi connectivity index (χ3v) is 6.40. The Labute approximate surface area is 174 Å². The van der Waals surface area contributed by atoms with Crippen molar-refractivity contribution in [3.05, 3.63) is 48.5 Å². The molecule has 0 bridgehead atoms. The Bertz CT molecular complexity index is 783. The molecule has 2 aromatic carbocycles. The van der Waals surface area contributed by atoms with E-state index in [1.807, 2.05) is 0 Å². The summed E-state index contributed by atoms with van der Waals surface area (Å²) < 4.78 is 4.58. The zero-order valence-corrected chi connectivity index (χ0v) is 17.5. The minimum Gasteiger partial charge on any atom is -0.468 e. The maximum atomic E-state index is 11.9. The van der Waals surface area contributed by atoms with Crippen LogP contribution in [0.4, 0.5) is 11.4 Å². The van der Waals surface area contributed by atoms with E-state index in [-0.39, 0.29) is 17.6 Å². The van der Waals surface area contributed by atoms with Gasteiger partial charge in [0.25, 0.3) is 0 Å². The van der Waals surface area contributed by atoms with Gasteiger partial charge >= 0.3 is 5.97 Å². The lowest BCUT2D eigenvalue weighted by molar-refractivity contribution is -0.137. The van der Waals surface area contributed by atoms with E-state index in [0.29, 0.717) is 18.7 Å². The van der Waals surface area contributed by atoms with E-state index in [0.717, 1.165) is 13.0 Å². The van der Waals surface area contributed by atoms with Gasteiger partial charge in [-0.25, -0.2) is 0 Å². The van der Waals surface area contributed by atoms with Gasteiger partial charge in [0.15, 0.2) is 0 Å². The molecule has 1 amide bonds. The summed E-state index contributed by atoms with van der Waals surface area (Å²) in [5.74, 6) is 0.665.